The van der Waals surface area contributed by atoms with Gasteiger partial charge in [-0.3, -0.25) is 4.98 Å². The standard InChI is InChI=1S/C15H16N2O2/c1-15(2,11-6-4-3-5-7-11)17-13-10-16-9-8-12(13)14(18)19/h3-10,17H,1-2H3,(H,18,19). The van der Waals surface area contributed by atoms with Gasteiger partial charge in [0.2, 0.25) is 0 Å². The van der Waals surface area contributed by atoms with Crippen LogP contribution >= 0.6 is 0 Å². The Kier molecular flexibility index (Phi) is 3.51. The maximum absolute atomic E-state index is 11.2. The molecule has 1 aromatic carbocycles. The largest absolute Gasteiger partial charge is 0.478 e. The Morgan fingerprint density at radius 3 is 2.53 bits per heavy atom. The SMILES string of the molecule is CC(C)(Nc1cnccc1C(=O)O)c1ccccc1. The van der Waals surface area contributed by atoms with Crippen molar-refractivity contribution >= 4 is 11.7 Å². The highest BCUT2D eigenvalue weighted by molar-refractivity contribution is 5.94. The summed E-state index contributed by atoms with van der Waals surface area (Å²) in [7, 11) is 0. The number of carboxylic acids is 1. The molecular formula is C15H16N2O2. The lowest BCUT2D eigenvalue weighted by Crippen LogP contribution is -2.28. The maximum Gasteiger partial charge on any atom is 0.337 e. The molecule has 1 heterocycles. The van der Waals surface area contributed by atoms with Crippen LogP contribution < -0.4 is 5.32 Å². The van der Waals surface area contributed by atoms with Crippen molar-refractivity contribution in [3.8, 4) is 0 Å². The quantitative estimate of drug-likeness (QED) is 0.882. The molecule has 0 radical (unpaired) electrons. The molecule has 98 valence electrons. The van der Waals surface area contributed by atoms with E-state index >= 15 is 0 Å². The molecule has 0 saturated heterocycles. The third-order valence-corrected chi connectivity index (χ3v) is 2.99. The number of nitrogens with zero attached hydrogens (tertiary/aromatic N) is 1. The van der Waals surface area contributed by atoms with Gasteiger partial charge in [-0.05, 0) is 25.5 Å². The van der Waals surface area contributed by atoms with Crippen molar-refractivity contribution in [2.24, 2.45) is 0 Å². The molecule has 0 atom stereocenters. The molecule has 0 unspecified atom stereocenters. The summed E-state index contributed by atoms with van der Waals surface area (Å²) in [6.45, 7) is 4.00. The van der Waals surface area contributed by atoms with E-state index in [2.05, 4.69) is 10.3 Å². The van der Waals surface area contributed by atoms with E-state index in [1.807, 2.05) is 44.2 Å². The molecule has 4 nitrogen and oxygen atoms in total. The van der Waals surface area contributed by atoms with Gasteiger partial charge < -0.3 is 10.4 Å². The van der Waals surface area contributed by atoms with Crippen LogP contribution in [-0.2, 0) is 5.54 Å². The van der Waals surface area contributed by atoms with Crippen LogP contribution in [0.4, 0.5) is 5.69 Å². The topological polar surface area (TPSA) is 62.2 Å². The summed E-state index contributed by atoms with van der Waals surface area (Å²) in [5, 5.41) is 12.4. The number of pyridine rings is 1. The third-order valence-electron chi connectivity index (χ3n) is 2.99. The van der Waals surface area contributed by atoms with Gasteiger partial charge in [-0.15, -0.1) is 0 Å². The van der Waals surface area contributed by atoms with Gasteiger partial charge in [-0.1, -0.05) is 30.3 Å². The Labute approximate surface area is 112 Å². The number of carboxylic acid groups (broad SMARTS) is 1. The second-order valence-corrected chi connectivity index (χ2v) is 4.84. The molecule has 0 aliphatic rings. The molecule has 2 aromatic rings. The summed E-state index contributed by atoms with van der Waals surface area (Å²) in [4.78, 5) is 15.2. The van der Waals surface area contributed by atoms with E-state index in [0.717, 1.165) is 5.56 Å². The third kappa shape index (κ3) is 2.91. The normalized spacial score (nSPS) is 11.1. The van der Waals surface area contributed by atoms with Crippen LogP contribution in [0, 0.1) is 0 Å². The van der Waals surface area contributed by atoms with E-state index < -0.39 is 5.97 Å². The molecule has 0 fully saturated rings. The van der Waals surface area contributed by atoms with Crippen LogP contribution in [0.15, 0.2) is 48.8 Å². The zero-order chi connectivity index (χ0) is 13.9. The van der Waals surface area contributed by atoms with Gasteiger partial charge >= 0.3 is 5.97 Å². The summed E-state index contributed by atoms with van der Waals surface area (Å²) in [6, 6.07) is 11.4. The molecule has 2 N–H and O–H groups in total. The Bertz CT molecular complexity index is 580. The predicted octanol–water partition coefficient (Wildman–Crippen LogP) is 3.13. The van der Waals surface area contributed by atoms with Gasteiger partial charge in [0.05, 0.1) is 23.0 Å². The van der Waals surface area contributed by atoms with Crippen LogP contribution in [0.1, 0.15) is 29.8 Å². The molecule has 19 heavy (non-hydrogen) atoms. The van der Waals surface area contributed by atoms with E-state index in [9.17, 15) is 4.79 Å². The maximum atomic E-state index is 11.2. The van der Waals surface area contributed by atoms with Gasteiger partial charge in [-0.2, -0.15) is 0 Å². The second-order valence-electron chi connectivity index (χ2n) is 4.84. The van der Waals surface area contributed by atoms with Crippen molar-refractivity contribution in [2.45, 2.75) is 19.4 Å². The van der Waals surface area contributed by atoms with Crippen LogP contribution in [0.25, 0.3) is 0 Å². The minimum absolute atomic E-state index is 0.221. The zero-order valence-electron chi connectivity index (χ0n) is 10.9. The number of aromatic carboxylic acids is 1. The monoisotopic (exact) mass is 256 g/mol. The molecule has 0 bridgehead atoms. The average molecular weight is 256 g/mol. The molecule has 1 aromatic heterocycles. The highest BCUT2D eigenvalue weighted by atomic mass is 16.4. The Morgan fingerprint density at radius 2 is 1.89 bits per heavy atom. The molecule has 4 heteroatoms. The van der Waals surface area contributed by atoms with Crippen LogP contribution in [0.5, 0.6) is 0 Å². The molecule has 0 aliphatic carbocycles. The fraction of sp³-hybridized carbons (Fsp3) is 0.200. The molecule has 0 amide bonds. The van der Waals surface area contributed by atoms with Crippen molar-refractivity contribution in [3.63, 3.8) is 0 Å². The summed E-state index contributed by atoms with van der Waals surface area (Å²) < 4.78 is 0. The lowest BCUT2D eigenvalue weighted by Gasteiger charge is -2.28. The minimum atomic E-state index is -0.964. The first-order valence-electron chi connectivity index (χ1n) is 6.02. The fourth-order valence-corrected chi connectivity index (χ4v) is 1.94. The zero-order valence-corrected chi connectivity index (χ0v) is 10.9. The minimum Gasteiger partial charge on any atom is -0.478 e. The highest BCUT2D eigenvalue weighted by Crippen LogP contribution is 2.26. The van der Waals surface area contributed by atoms with Gasteiger partial charge in [0.25, 0.3) is 0 Å². The van der Waals surface area contributed by atoms with E-state index in [1.54, 1.807) is 0 Å². The smallest absolute Gasteiger partial charge is 0.337 e. The first-order valence-corrected chi connectivity index (χ1v) is 6.02. The van der Waals surface area contributed by atoms with Crippen LogP contribution in [0.3, 0.4) is 0 Å². The molecule has 2 rings (SSSR count). The fourth-order valence-electron chi connectivity index (χ4n) is 1.94. The van der Waals surface area contributed by atoms with E-state index in [1.165, 1.54) is 18.5 Å². The van der Waals surface area contributed by atoms with E-state index in [-0.39, 0.29) is 11.1 Å². The number of carbonyl (C=O) groups is 1. The predicted molar refractivity (Wildman–Crippen MR) is 74.3 cm³/mol. The van der Waals surface area contributed by atoms with E-state index in [4.69, 9.17) is 5.11 Å². The van der Waals surface area contributed by atoms with Crippen LogP contribution in [0.2, 0.25) is 0 Å². The number of anilines is 1. The van der Waals surface area contributed by atoms with Gasteiger partial charge in [0, 0.05) is 6.20 Å². The summed E-state index contributed by atoms with van der Waals surface area (Å²) in [5.41, 5.74) is 1.44. The average Bonchev–Trinajstić information content (AvgIpc) is 2.39. The van der Waals surface area contributed by atoms with Crippen molar-refractivity contribution in [1.29, 1.82) is 0 Å². The number of rotatable bonds is 4. The first-order chi connectivity index (χ1) is 9.00. The molecule has 0 aliphatic heterocycles. The summed E-state index contributed by atoms with van der Waals surface area (Å²) in [5.74, 6) is -0.964. The summed E-state index contributed by atoms with van der Waals surface area (Å²) >= 11 is 0. The molecular weight excluding hydrogens is 240 g/mol. The highest BCUT2D eigenvalue weighted by Gasteiger charge is 2.22. The number of hydrogen-bond donors (Lipinski definition) is 2. The van der Waals surface area contributed by atoms with Gasteiger partial charge in [-0.25, -0.2) is 4.79 Å². The van der Waals surface area contributed by atoms with Crippen molar-refractivity contribution < 1.29 is 9.90 Å². The van der Waals surface area contributed by atoms with Gasteiger partial charge in [0.1, 0.15) is 0 Å². The van der Waals surface area contributed by atoms with Crippen molar-refractivity contribution in [3.05, 3.63) is 59.9 Å². The van der Waals surface area contributed by atoms with E-state index in [0.29, 0.717) is 5.69 Å². The lowest BCUT2D eigenvalue weighted by atomic mass is 9.94. The number of nitrogens with one attached hydrogen (secondary N) is 1. The molecule has 0 saturated carbocycles. The second kappa shape index (κ2) is 5.10. The van der Waals surface area contributed by atoms with Crippen LogP contribution in [-0.4, -0.2) is 16.1 Å². The number of benzene rings is 1. The Balaban J connectivity index is 2.33. The Morgan fingerprint density at radius 1 is 1.21 bits per heavy atom. The first kappa shape index (κ1) is 13.1. The van der Waals surface area contributed by atoms with Crippen molar-refractivity contribution in [2.75, 3.05) is 5.32 Å². The van der Waals surface area contributed by atoms with Gasteiger partial charge in [0.15, 0.2) is 0 Å². The molecule has 0 spiro atoms. The number of aromatic nitrogens is 1. The lowest BCUT2D eigenvalue weighted by molar-refractivity contribution is 0.0697. The Hall–Kier alpha value is -2.36. The van der Waals surface area contributed by atoms with Crippen molar-refractivity contribution in [1.82, 2.24) is 4.98 Å². The number of hydrogen-bond acceptors (Lipinski definition) is 3. The summed E-state index contributed by atoms with van der Waals surface area (Å²) in [6.07, 6.45) is 3.01.